The van der Waals surface area contributed by atoms with E-state index in [9.17, 15) is 9.59 Å². The molecule has 102 valence electrons. The van der Waals surface area contributed by atoms with E-state index < -0.39 is 6.04 Å². The summed E-state index contributed by atoms with van der Waals surface area (Å²) in [6.07, 6.45) is 3.07. The lowest BCUT2D eigenvalue weighted by molar-refractivity contribution is -0.135. The lowest BCUT2D eigenvalue weighted by Crippen LogP contribution is -2.49. The maximum absolute atomic E-state index is 11.8. The summed E-state index contributed by atoms with van der Waals surface area (Å²) in [4.78, 5) is 27.0. The summed E-state index contributed by atoms with van der Waals surface area (Å²) in [7, 11) is 0. The zero-order valence-corrected chi connectivity index (χ0v) is 11.3. The van der Waals surface area contributed by atoms with Gasteiger partial charge in [-0.25, -0.2) is 0 Å². The third kappa shape index (κ3) is 2.51. The van der Waals surface area contributed by atoms with Crippen molar-refractivity contribution in [3.05, 3.63) is 0 Å². The normalized spacial score (nSPS) is 24.4. The molecule has 0 unspecified atom stereocenters. The van der Waals surface area contributed by atoms with Gasteiger partial charge in [0.05, 0.1) is 6.04 Å². The van der Waals surface area contributed by atoms with Crippen molar-refractivity contribution in [3.8, 4) is 0 Å². The van der Waals surface area contributed by atoms with Gasteiger partial charge in [-0.1, -0.05) is 0 Å². The second-order valence-electron chi connectivity index (χ2n) is 5.80. The molecule has 2 aliphatic rings. The molecule has 0 saturated carbocycles. The number of rotatable bonds is 1. The number of hydrogen-bond acceptors (Lipinski definition) is 3. The quantitative estimate of drug-likeness (QED) is 0.725. The van der Waals surface area contributed by atoms with Crippen LogP contribution in [0.1, 0.15) is 33.1 Å². The predicted molar refractivity (Wildman–Crippen MR) is 68.8 cm³/mol. The first-order chi connectivity index (χ1) is 8.43. The predicted octanol–water partition coefficient (Wildman–Crippen LogP) is 0.195. The first-order valence-electron chi connectivity index (χ1n) is 6.73. The largest absolute Gasteiger partial charge is 0.342 e. The van der Waals surface area contributed by atoms with Crippen LogP contribution in [-0.2, 0) is 9.59 Å². The topological polar surface area (TPSA) is 66.6 Å². The number of piperidine rings is 1. The van der Waals surface area contributed by atoms with Gasteiger partial charge < -0.3 is 15.5 Å². The van der Waals surface area contributed by atoms with Crippen molar-refractivity contribution in [2.24, 2.45) is 11.1 Å². The van der Waals surface area contributed by atoms with Crippen molar-refractivity contribution in [2.45, 2.75) is 39.2 Å². The fourth-order valence-electron chi connectivity index (χ4n) is 3.10. The monoisotopic (exact) mass is 253 g/mol. The van der Waals surface area contributed by atoms with E-state index in [0.717, 1.165) is 45.4 Å². The third-order valence-electron chi connectivity index (χ3n) is 4.41. The standard InChI is InChI=1S/C13H23N3O2/c1-10(14)12(18)15-6-3-13(4-7-15)5-8-16(9-13)11(2)17/h10H,3-9,14H2,1-2H3/t10-/m1/s1. The maximum atomic E-state index is 11.8. The van der Waals surface area contributed by atoms with Gasteiger partial charge >= 0.3 is 0 Å². The van der Waals surface area contributed by atoms with E-state index in [1.807, 2.05) is 9.80 Å². The molecular weight excluding hydrogens is 230 g/mol. The summed E-state index contributed by atoms with van der Waals surface area (Å²) in [6, 6.07) is -0.406. The number of nitrogens with zero attached hydrogens (tertiary/aromatic N) is 2. The summed E-state index contributed by atoms with van der Waals surface area (Å²) in [5.41, 5.74) is 5.88. The van der Waals surface area contributed by atoms with Crippen molar-refractivity contribution in [3.63, 3.8) is 0 Å². The molecule has 18 heavy (non-hydrogen) atoms. The molecule has 1 atom stereocenters. The Morgan fingerprint density at radius 3 is 2.00 bits per heavy atom. The smallest absolute Gasteiger partial charge is 0.239 e. The van der Waals surface area contributed by atoms with E-state index in [2.05, 4.69) is 0 Å². The van der Waals surface area contributed by atoms with Crippen molar-refractivity contribution in [2.75, 3.05) is 26.2 Å². The first kappa shape index (κ1) is 13.3. The molecule has 0 aromatic carbocycles. The van der Waals surface area contributed by atoms with Gasteiger partial charge in [-0.2, -0.15) is 0 Å². The Labute approximate surface area is 108 Å². The van der Waals surface area contributed by atoms with Gasteiger partial charge in [0, 0.05) is 33.1 Å². The zero-order chi connectivity index (χ0) is 13.3. The zero-order valence-electron chi connectivity index (χ0n) is 11.3. The average molecular weight is 253 g/mol. The van der Waals surface area contributed by atoms with Crippen LogP contribution in [0.15, 0.2) is 0 Å². The second-order valence-corrected chi connectivity index (χ2v) is 5.80. The molecule has 0 aliphatic carbocycles. The van der Waals surface area contributed by atoms with Crippen molar-refractivity contribution >= 4 is 11.8 Å². The molecule has 5 nitrogen and oxygen atoms in total. The Morgan fingerprint density at radius 1 is 1.11 bits per heavy atom. The van der Waals surface area contributed by atoms with Crippen molar-refractivity contribution in [1.82, 2.24) is 9.80 Å². The van der Waals surface area contributed by atoms with E-state index >= 15 is 0 Å². The highest BCUT2D eigenvalue weighted by Crippen LogP contribution is 2.40. The molecule has 2 amide bonds. The first-order valence-corrected chi connectivity index (χ1v) is 6.73. The van der Waals surface area contributed by atoms with Crippen LogP contribution in [0.25, 0.3) is 0 Å². The van der Waals surface area contributed by atoms with Crippen LogP contribution < -0.4 is 5.73 Å². The van der Waals surface area contributed by atoms with E-state index in [1.54, 1.807) is 13.8 Å². The molecule has 2 fully saturated rings. The Kier molecular flexibility index (Phi) is 3.61. The summed E-state index contributed by atoms with van der Waals surface area (Å²) in [6.45, 7) is 6.67. The molecule has 5 heteroatoms. The number of nitrogens with two attached hydrogens (primary N) is 1. The molecule has 2 rings (SSSR count). The van der Waals surface area contributed by atoms with Gasteiger partial charge in [-0.15, -0.1) is 0 Å². The molecule has 0 bridgehead atoms. The van der Waals surface area contributed by atoms with Crippen LogP contribution in [0.3, 0.4) is 0 Å². The minimum atomic E-state index is -0.406. The third-order valence-corrected chi connectivity index (χ3v) is 4.41. The Bertz CT molecular complexity index is 346. The van der Waals surface area contributed by atoms with Gasteiger partial charge in [0.15, 0.2) is 0 Å². The summed E-state index contributed by atoms with van der Waals surface area (Å²) in [5, 5.41) is 0. The van der Waals surface area contributed by atoms with Gasteiger partial charge in [0.1, 0.15) is 0 Å². The summed E-state index contributed by atoms with van der Waals surface area (Å²) < 4.78 is 0. The number of carbonyl (C=O) groups is 2. The molecule has 1 spiro atoms. The number of carbonyl (C=O) groups excluding carboxylic acids is 2. The van der Waals surface area contributed by atoms with Gasteiger partial charge in [-0.05, 0) is 31.6 Å². The number of amides is 2. The highest BCUT2D eigenvalue weighted by Gasteiger charge is 2.42. The van der Waals surface area contributed by atoms with Crippen LogP contribution in [0.5, 0.6) is 0 Å². The van der Waals surface area contributed by atoms with Crippen LogP contribution in [0, 0.1) is 5.41 Å². The fraction of sp³-hybridized carbons (Fsp3) is 0.846. The summed E-state index contributed by atoms with van der Waals surface area (Å²) >= 11 is 0. The fourth-order valence-corrected chi connectivity index (χ4v) is 3.10. The second kappa shape index (κ2) is 4.88. The number of likely N-dealkylation sites (tertiary alicyclic amines) is 2. The molecule has 0 radical (unpaired) electrons. The molecule has 2 heterocycles. The van der Waals surface area contributed by atoms with E-state index in [-0.39, 0.29) is 17.2 Å². The highest BCUT2D eigenvalue weighted by atomic mass is 16.2. The molecule has 2 saturated heterocycles. The minimum Gasteiger partial charge on any atom is -0.342 e. The SMILES string of the molecule is CC(=O)N1CCC2(CCN(C(=O)[C@@H](C)N)CC2)C1. The Balaban J connectivity index is 1.91. The Hall–Kier alpha value is -1.10. The van der Waals surface area contributed by atoms with Crippen LogP contribution in [0.4, 0.5) is 0 Å². The molecular formula is C13H23N3O2. The molecule has 2 N–H and O–H groups in total. The lowest BCUT2D eigenvalue weighted by Gasteiger charge is -2.39. The van der Waals surface area contributed by atoms with Gasteiger partial charge in [0.2, 0.25) is 11.8 Å². The maximum Gasteiger partial charge on any atom is 0.239 e. The van der Waals surface area contributed by atoms with Gasteiger partial charge in [0.25, 0.3) is 0 Å². The summed E-state index contributed by atoms with van der Waals surface area (Å²) in [5.74, 6) is 0.215. The lowest BCUT2D eigenvalue weighted by atomic mass is 9.77. The van der Waals surface area contributed by atoms with Crippen molar-refractivity contribution < 1.29 is 9.59 Å². The molecule has 0 aromatic heterocycles. The van der Waals surface area contributed by atoms with E-state index in [4.69, 9.17) is 5.73 Å². The minimum absolute atomic E-state index is 0.0475. The van der Waals surface area contributed by atoms with Crippen LogP contribution in [0.2, 0.25) is 0 Å². The van der Waals surface area contributed by atoms with E-state index in [0.29, 0.717) is 0 Å². The van der Waals surface area contributed by atoms with Crippen LogP contribution in [-0.4, -0.2) is 53.8 Å². The van der Waals surface area contributed by atoms with Crippen LogP contribution >= 0.6 is 0 Å². The van der Waals surface area contributed by atoms with Crippen molar-refractivity contribution in [1.29, 1.82) is 0 Å². The van der Waals surface area contributed by atoms with E-state index in [1.165, 1.54) is 0 Å². The Morgan fingerprint density at radius 2 is 1.61 bits per heavy atom. The molecule has 0 aromatic rings. The highest BCUT2D eigenvalue weighted by molar-refractivity contribution is 5.81. The van der Waals surface area contributed by atoms with Gasteiger partial charge in [-0.3, -0.25) is 9.59 Å². The molecule has 2 aliphatic heterocycles. The average Bonchev–Trinajstić information content (AvgIpc) is 2.74. The number of hydrogen-bond donors (Lipinski definition) is 1.